The Hall–Kier alpha value is -2.87. The van der Waals surface area contributed by atoms with Gasteiger partial charge in [-0.3, -0.25) is 9.88 Å². The molecule has 3 aromatic rings. The van der Waals surface area contributed by atoms with Gasteiger partial charge >= 0.3 is 0 Å². The largest absolute Gasteiger partial charge is 0.497 e. The molecule has 0 aliphatic carbocycles. The van der Waals surface area contributed by atoms with E-state index in [4.69, 9.17) is 19.2 Å². The first-order chi connectivity index (χ1) is 16.1. The second kappa shape index (κ2) is 11.3. The van der Waals surface area contributed by atoms with Gasteiger partial charge in [0, 0.05) is 56.8 Å². The third-order valence-corrected chi connectivity index (χ3v) is 5.78. The Bertz CT molecular complexity index is 1020. The number of hydrogen-bond acceptors (Lipinski definition) is 7. The first kappa shape index (κ1) is 23.3. The van der Waals surface area contributed by atoms with Gasteiger partial charge in [0.1, 0.15) is 17.7 Å². The Kier molecular flexibility index (Phi) is 7.99. The molecule has 1 aliphatic heterocycles. The SMILES string of the molecule is COCCc1ncc(CN2CCO[C@H](c3cc(Cc4ccc(OC)cc4)cc(C)n3)C2)cn1. The summed E-state index contributed by atoms with van der Waals surface area (Å²) in [4.78, 5) is 16.1. The highest BCUT2D eigenvalue weighted by Crippen LogP contribution is 2.24. The predicted molar refractivity (Wildman–Crippen MR) is 126 cm³/mol. The van der Waals surface area contributed by atoms with Crippen molar-refractivity contribution in [3.05, 3.63) is 82.7 Å². The van der Waals surface area contributed by atoms with Crippen molar-refractivity contribution in [2.75, 3.05) is 40.5 Å². The van der Waals surface area contributed by atoms with Gasteiger partial charge in [-0.2, -0.15) is 0 Å². The lowest BCUT2D eigenvalue weighted by molar-refractivity contribution is -0.0351. The summed E-state index contributed by atoms with van der Waals surface area (Å²) < 4.78 is 16.5. The van der Waals surface area contributed by atoms with E-state index in [-0.39, 0.29) is 6.10 Å². The maximum atomic E-state index is 6.12. The summed E-state index contributed by atoms with van der Waals surface area (Å²) in [6.07, 6.45) is 5.37. The molecule has 33 heavy (non-hydrogen) atoms. The number of hydrogen-bond donors (Lipinski definition) is 0. The number of methoxy groups -OCH3 is 2. The summed E-state index contributed by atoms with van der Waals surface area (Å²) >= 11 is 0. The predicted octanol–water partition coefficient (Wildman–Crippen LogP) is 3.54. The van der Waals surface area contributed by atoms with Crippen molar-refractivity contribution in [1.29, 1.82) is 0 Å². The molecule has 0 amide bonds. The molecule has 3 heterocycles. The number of benzene rings is 1. The van der Waals surface area contributed by atoms with Gasteiger partial charge < -0.3 is 14.2 Å². The van der Waals surface area contributed by atoms with E-state index in [0.717, 1.165) is 61.0 Å². The molecule has 1 fully saturated rings. The Labute approximate surface area is 195 Å². The van der Waals surface area contributed by atoms with Crippen LogP contribution in [0.15, 0.2) is 48.8 Å². The highest BCUT2D eigenvalue weighted by molar-refractivity contribution is 5.33. The lowest BCUT2D eigenvalue weighted by atomic mass is 10.0. The minimum atomic E-state index is -0.0461. The minimum absolute atomic E-state index is 0.0461. The molecule has 1 atom stereocenters. The van der Waals surface area contributed by atoms with E-state index in [1.807, 2.05) is 31.5 Å². The maximum Gasteiger partial charge on any atom is 0.130 e. The minimum Gasteiger partial charge on any atom is -0.497 e. The molecular formula is C26H32N4O3. The van der Waals surface area contributed by atoms with Crippen molar-refractivity contribution < 1.29 is 14.2 Å². The fourth-order valence-electron chi connectivity index (χ4n) is 4.08. The molecule has 1 saturated heterocycles. The summed E-state index contributed by atoms with van der Waals surface area (Å²) in [5, 5.41) is 0. The third-order valence-electron chi connectivity index (χ3n) is 5.78. The monoisotopic (exact) mass is 448 g/mol. The van der Waals surface area contributed by atoms with Crippen molar-refractivity contribution in [2.45, 2.75) is 32.4 Å². The Morgan fingerprint density at radius 3 is 2.55 bits per heavy atom. The van der Waals surface area contributed by atoms with Crippen LogP contribution in [-0.2, 0) is 28.9 Å². The molecule has 0 radical (unpaired) electrons. The zero-order valence-corrected chi connectivity index (χ0v) is 19.7. The molecular weight excluding hydrogens is 416 g/mol. The standard InChI is InChI=1S/C26H32N4O3/c1-19-12-21(13-20-4-6-23(32-3)7-5-20)14-24(29-19)25-18-30(9-11-33-25)17-22-15-27-26(28-16-22)8-10-31-2/h4-7,12,14-16,25H,8-11,13,17-18H2,1-3H3/t25-/m0/s1. The molecule has 2 aromatic heterocycles. The second-order valence-corrected chi connectivity index (χ2v) is 8.41. The molecule has 0 unspecified atom stereocenters. The average molecular weight is 449 g/mol. The zero-order valence-electron chi connectivity index (χ0n) is 19.7. The Morgan fingerprint density at radius 2 is 1.82 bits per heavy atom. The molecule has 1 aliphatic rings. The molecule has 7 nitrogen and oxygen atoms in total. The van der Waals surface area contributed by atoms with Crippen LogP contribution in [0.25, 0.3) is 0 Å². The van der Waals surface area contributed by atoms with Crippen LogP contribution in [0, 0.1) is 6.92 Å². The summed E-state index contributed by atoms with van der Waals surface area (Å²) in [6.45, 7) is 5.84. The highest BCUT2D eigenvalue weighted by atomic mass is 16.5. The molecule has 4 rings (SSSR count). The van der Waals surface area contributed by atoms with Crippen LogP contribution < -0.4 is 4.74 Å². The van der Waals surface area contributed by atoms with Crippen molar-refractivity contribution in [1.82, 2.24) is 19.9 Å². The molecule has 0 spiro atoms. The summed E-state index contributed by atoms with van der Waals surface area (Å²) in [6, 6.07) is 12.5. The van der Waals surface area contributed by atoms with Crippen LogP contribution in [0.2, 0.25) is 0 Å². The van der Waals surface area contributed by atoms with Crippen molar-refractivity contribution in [2.24, 2.45) is 0 Å². The number of nitrogens with zero attached hydrogens (tertiary/aromatic N) is 4. The molecule has 0 saturated carbocycles. The summed E-state index contributed by atoms with van der Waals surface area (Å²) in [5.41, 5.74) is 5.59. The van der Waals surface area contributed by atoms with Crippen molar-refractivity contribution in [3.63, 3.8) is 0 Å². The van der Waals surface area contributed by atoms with E-state index in [2.05, 4.69) is 39.1 Å². The molecule has 0 N–H and O–H groups in total. The second-order valence-electron chi connectivity index (χ2n) is 8.41. The van der Waals surface area contributed by atoms with Crippen molar-refractivity contribution >= 4 is 0 Å². The zero-order chi connectivity index (χ0) is 23.0. The number of aromatic nitrogens is 3. The van der Waals surface area contributed by atoms with E-state index in [1.54, 1.807) is 14.2 Å². The smallest absolute Gasteiger partial charge is 0.130 e. The van der Waals surface area contributed by atoms with Crippen LogP contribution in [0.5, 0.6) is 5.75 Å². The Morgan fingerprint density at radius 1 is 1.03 bits per heavy atom. The summed E-state index contributed by atoms with van der Waals surface area (Å²) in [7, 11) is 3.38. The number of ether oxygens (including phenoxy) is 3. The maximum absolute atomic E-state index is 6.12. The number of morpholine rings is 1. The van der Waals surface area contributed by atoms with Gasteiger partial charge in [-0.25, -0.2) is 9.97 Å². The average Bonchev–Trinajstić information content (AvgIpc) is 2.84. The lowest BCUT2D eigenvalue weighted by Crippen LogP contribution is -2.38. The van der Waals surface area contributed by atoms with Crippen LogP contribution in [-0.4, -0.2) is 60.4 Å². The summed E-state index contributed by atoms with van der Waals surface area (Å²) in [5.74, 6) is 1.69. The van der Waals surface area contributed by atoms with Gasteiger partial charge in [0.15, 0.2) is 0 Å². The van der Waals surface area contributed by atoms with Gasteiger partial charge in [0.25, 0.3) is 0 Å². The molecule has 174 valence electrons. The highest BCUT2D eigenvalue weighted by Gasteiger charge is 2.24. The van der Waals surface area contributed by atoms with Crippen LogP contribution in [0.4, 0.5) is 0 Å². The normalized spacial score (nSPS) is 16.6. The number of rotatable bonds is 9. The number of pyridine rings is 1. The van der Waals surface area contributed by atoms with E-state index < -0.39 is 0 Å². The van der Waals surface area contributed by atoms with Gasteiger partial charge in [-0.05, 0) is 48.7 Å². The van der Waals surface area contributed by atoms with E-state index >= 15 is 0 Å². The van der Waals surface area contributed by atoms with Gasteiger partial charge in [0.2, 0.25) is 0 Å². The van der Waals surface area contributed by atoms with Crippen LogP contribution >= 0.6 is 0 Å². The fourth-order valence-corrected chi connectivity index (χ4v) is 4.08. The Balaban J connectivity index is 1.40. The van der Waals surface area contributed by atoms with Crippen LogP contribution in [0.1, 0.15) is 40.0 Å². The van der Waals surface area contributed by atoms with Crippen molar-refractivity contribution in [3.8, 4) is 5.75 Å². The van der Waals surface area contributed by atoms with E-state index in [9.17, 15) is 0 Å². The first-order valence-electron chi connectivity index (χ1n) is 11.4. The fraction of sp³-hybridized carbons (Fsp3) is 0.423. The van der Waals surface area contributed by atoms with Gasteiger partial charge in [0.05, 0.1) is 26.0 Å². The topological polar surface area (TPSA) is 69.6 Å². The molecule has 7 heteroatoms. The molecule has 1 aromatic carbocycles. The third kappa shape index (κ3) is 6.57. The van der Waals surface area contributed by atoms with E-state index in [1.165, 1.54) is 11.1 Å². The quantitative estimate of drug-likeness (QED) is 0.496. The van der Waals surface area contributed by atoms with Crippen LogP contribution in [0.3, 0.4) is 0 Å². The lowest BCUT2D eigenvalue weighted by Gasteiger charge is -2.32. The molecule has 0 bridgehead atoms. The van der Waals surface area contributed by atoms with Gasteiger partial charge in [-0.15, -0.1) is 0 Å². The van der Waals surface area contributed by atoms with Gasteiger partial charge in [-0.1, -0.05) is 12.1 Å². The number of aryl methyl sites for hydroxylation is 1. The van der Waals surface area contributed by atoms with E-state index in [0.29, 0.717) is 13.2 Å². The first-order valence-corrected chi connectivity index (χ1v) is 11.4.